The molecule has 0 unspecified atom stereocenters. The maximum atomic E-state index is 13.4. The topological polar surface area (TPSA) is 144 Å². The number of nitrogens with zero attached hydrogens (tertiary/aromatic N) is 4. The van der Waals surface area contributed by atoms with Crippen molar-refractivity contribution in [1.82, 2.24) is 10.0 Å². The number of carbonyl (C=O) groups excluding carboxylic acids is 3. The molecule has 1 aliphatic heterocycles. The van der Waals surface area contributed by atoms with Gasteiger partial charge in [-0.3, -0.25) is 34.6 Å². The number of carbonyl (C=O) groups is 3. The van der Waals surface area contributed by atoms with Gasteiger partial charge in [-0.1, -0.05) is 31.0 Å². The van der Waals surface area contributed by atoms with Gasteiger partial charge in [-0.05, 0) is 24.5 Å². The van der Waals surface area contributed by atoms with Gasteiger partial charge in [0.1, 0.15) is 0 Å². The predicted molar refractivity (Wildman–Crippen MR) is 113 cm³/mol. The van der Waals surface area contributed by atoms with Gasteiger partial charge in [0, 0.05) is 29.8 Å². The van der Waals surface area contributed by atoms with E-state index in [-0.39, 0.29) is 23.5 Å². The minimum Gasteiger partial charge on any atom is -0.272 e. The number of amides is 3. The molecular formula is C22H20N4O7. The monoisotopic (exact) mass is 452 g/mol. The predicted octanol–water partition coefficient (Wildman–Crippen LogP) is 3.24. The first-order valence-electron chi connectivity index (χ1n) is 10.5. The van der Waals surface area contributed by atoms with Crippen molar-refractivity contribution < 1.29 is 24.2 Å². The first-order chi connectivity index (χ1) is 15.8. The summed E-state index contributed by atoms with van der Waals surface area (Å²) in [6, 6.07) is 10.4. The lowest BCUT2D eigenvalue weighted by Crippen LogP contribution is -2.49. The quantitative estimate of drug-likeness (QED) is 0.372. The number of fused-ring (bicyclic) bond motifs is 1. The highest BCUT2D eigenvalue weighted by Crippen LogP contribution is 2.39. The molecule has 3 amide bonds. The summed E-state index contributed by atoms with van der Waals surface area (Å²) in [5.41, 5.74) is -0.0463. The highest BCUT2D eigenvalue weighted by atomic mass is 16.6. The van der Waals surface area contributed by atoms with E-state index in [1.165, 1.54) is 42.5 Å². The minimum absolute atomic E-state index is 0.0541. The molecule has 170 valence electrons. The van der Waals surface area contributed by atoms with Gasteiger partial charge in [-0.15, -0.1) is 0 Å². The Labute approximate surface area is 187 Å². The van der Waals surface area contributed by atoms with Crippen LogP contribution in [0, 0.1) is 32.1 Å². The van der Waals surface area contributed by atoms with Crippen LogP contribution in [-0.2, 0) is 16.1 Å². The molecule has 2 aromatic rings. The Bertz CT molecular complexity index is 1120. The van der Waals surface area contributed by atoms with Crippen molar-refractivity contribution in [3.05, 3.63) is 79.9 Å². The fourth-order valence-corrected chi connectivity index (χ4v) is 4.41. The molecule has 0 aromatic heterocycles. The van der Waals surface area contributed by atoms with E-state index in [9.17, 15) is 34.6 Å². The zero-order valence-electron chi connectivity index (χ0n) is 17.5. The zero-order valence-corrected chi connectivity index (χ0v) is 17.5. The van der Waals surface area contributed by atoms with Crippen molar-refractivity contribution in [2.75, 3.05) is 0 Å². The second-order valence-electron chi connectivity index (χ2n) is 8.08. The van der Waals surface area contributed by atoms with Crippen LogP contribution in [0.25, 0.3) is 0 Å². The molecule has 33 heavy (non-hydrogen) atoms. The van der Waals surface area contributed by atoms with Crippen LogP contribution in [0.4, 0.5) is 11.4 Å². The van der Waals surface area contributed by atoms with Crippen molar-refractivity contribution >= 4 is 29.1 Å². The number of hydrogen-bond donors (Lipinski definition) is 0. The molecule has 4 rings (SSSR count). The molecule has 0 N–H and O–H groups in total. The maximum absolute atomic E-state index is 13.4. The highest BCUT2D eigenvalue weighted by molar-refractivity contribution is 6.07. The second-order valence-corrected chi connectivity index (χ2v) is 8.08. The number of nitro groups is 2. The summed E-state index contributed by atoms with van der Waals surface area (Å²) in [6.45, 7) is -0.212. The lowest BCUT2D eigenvalue weighted by molar-refractivity contribution is -0.385. The number of non-ortho nitro benzene ring substituents is 2. The summed E-state index contributed by atoms with van der Waals surface area (Å²) in [5, 5.41) is 24.0. The van der Waals surface area contributed by atoms with Gasteiger partial charge < -0.3 is 0 Å². The lowest BCUT2D eigenvalue weighted by atomic mass is 9.81. The van der Waals surface area contributed by atoms with Crippen molar-refractivity contribution in [2.24, 2.45) is 11.8 Å². The molecule has 2 aromatic carbocycles. The van der Waals surface area contributed by atoms with Gasteiger partial charge in [-0.2, -0.15) is 5.01 Å². The molecule has 1 saturated heterocycles. The summed E-state index contributed by atoms with van der Waals surface area (Å²) >= 11 is 0. The third kappa shape index (κ3) is 4.16. The van der Waals surface area contributed by atoms with Gasteiger partial charge >= 0.3 is 0 Å². The van der Waals surface area contributed by atoms with Crippen LogP contribution in [0.15, 0.2) is 48.5 Å². The van der Waals surface area contributed by atoms with Crippen molar-refractivity contribution in [1.29, 1.82) is 0 Å². The minimum atomic E-state index is -0.752. The Morgan fingerprint density at radius 3 is 2.03 bits per heavy atom. The summed E-state index contributed by atoms with van der Waals surface area (Å²) in [6.07, 6.45) is 2.74. The number of nitro benzene ring substituents is 2. The van der Waals surface area contributed by atoms with Crippen LogP contribution in [0.1, 0.15) is 41.6 Å². The van der Waals surface area contributed by atoms with E-state index < -0.39 is 39.4 Å². The van der Waals surface area contributed by atoms with Gasteiger partial charge in [0.2, 0.25) is 0 Å². The smallest absolute Gasteiger partial charge is 0.272 e. The average molecular weight is 452 g/mol. The molecule has 2 fully saturated rings. The third-order valence-corrected chi connectivity index (χ3v) is 6.08. The SMILES string of the molecule is O=C(c1cccc([N+](=O)[O-])c1)N(Cc1ccc([N+](=O)[O-])cc1)N1C(=O)[C@H]2CCCC[C@@H]2C1=O. The molecule has 2 aliphatic rings. The maximum Gasteiger partial charge on any atom is 0.273 e. The largest absolute Gasteiger partial charge is 0.273 e. The van der Waals surface area contributed by atoms with E-state index in [0.717, 1.165) is 28.9 Å². The Kier molecular flexibility index (Phi) is 5.86. The van der Waals surface area contributed by atoms with E-state index in [1.807, 2.05) is 0 Å². The van der Waals surface area contributed by atoms with Gasteiger partial charge in [0.25, 0.3) is 29.1 Å². The Hall–Kier alpha value is -4.15. The molecule has 1 saturated carbocycles. The fourth-order valence-electron chi connectivity index (χ4n) is 4.41. The molecule has 0 radical (unpaired) electrons. The van der Waals surface area contributed by atoms with Gasteiger partial charge in [0.15, 0.2) is 0 Å². The first-order valence-corrected chi connectivity index (χ1v) is 10.5. The Balaban J connectivity index is 1.72. The van der Waals surface area contributed by atoms with E-state index in [1.54, 1.807) is 0 Å². The number of hydrogen-bond acceptors (Lipinski definition) is 7. The van der Waals surface area contributed by atoms with Crippen LogP contribution in [0.2, 0.25) is 0 Å². The zero-order chi connectivity index (χ0) is 23.7. The molecule has 11 nitrogen and oxygen atoms in total. The van der Waals surface area contributed by atoms with E-state index in [2.05, 4.69) is 0 Å². The fraction of sp³-hybridized carbons (Fsp3) is 0.318. The van der Waals surface area contributed by atoms with E-state index in [4.69, 9.17) is 0 Å². The third-order valence-electron chi connectivity index (χ3n) is 6.08. The summed E-state index contributed by atoms with van der Waals surface area (Å²) in [4.78, 5) is 60.6. The molecule has 1 heterocycles. The second kappa shape index (κ2) is 8.77. The van der Waals surface area contributed by atoms with E-state index >= 15 is 0 Å². The van der Waals surface area contributed by atoms with Crippen LogP contribution in [0.3, 0.4) is 0 Å². The summed E-state index contributed by atoms with van der Waals surface area (Å²) in [7, 11) is 0. The van der Waals surface area contributed by atoms with Crippen LogP contribution in [0.5, 0.6) is 0 Å². The average Bonchev–Trinajstić information content (AvgIpc) is 3.07. The van der Waals surface area contributed by atoms with Gasteiger partial charge in [0.05, 0.1) is 28.2 Å². The van der Waals surface area contributed by atoms with Crippen molar-refractivity contribution in [3.8, 4) is 0 Å². The highest BCUT2D eigenvalue weighted by Gasteiger charge is 2.51. The molecule has 1 aliphatic carbocycles. The van der Waals surface area contributed by atoms with Crippen molar-refractivity contribution in [2.45, 2.75) is 32.2 Å². The van der Waals surface area contributed by atoms with Gasteiger partial charge in [-0.25, -0.2) is 5.01 Å². The lowest BCUT2D eigenvalue weighted by Gasteiger charge is -2.30. The molecule has 11 heteroatoms. The van der Waals surface area contributed by atoms with Crippen LogP contribution in [-0.4, -0.2) is 37.6 Å². The van der Waals surface area contributed by atoms with Crippen LogP contribution < -0.4 is 0 Å². The van der Waals surface area contributed by atoms with Crippen molar-refractivity contribution in [3.63, 3.8) is 0 Å². The Morgan fingerprint density at radius 1 is 0.909 bits per heavy atom. The normalized spacial score (nSPS) is 19.8. The standard InChI is InChI=1S/C22H20N4O7/c27-20(15-4-3-5-17(12-15)26(32)33)23(13-14-8-10-16(11-9-14)25(30)31)24-21(28)18-6-1-2-7-19(18)22(24)29/h3-5,8-12,18-19H,1-2,6-7,13H2/t18-,19-/m0/s1. The molecular weight excluding hydrogens is 432 g/mol. The summed E-state index contributed by atoms with van der Waals surface area (Å²) in [5.74, 6) is -2.68. The first kappa shape index (κ1) is 22.1. The van der Waals surface area contributed by atoms with Crippen LogP contribution >= 0.6 is 0 Å². The number of rotatable bonds is 6. The molecule has 0 bridgehead atoms. The van der Waals surface area contributed by atoms with E-state index in [0.29, 0.717) is 18.4 Å². The summed E-state index contributed by atoms with van der Waals surface area (Å²) < 4.78 is 0. The number of imide groups is 1. The number of benzene rings is 2. The molecule has 0 spiro atoms. The Morgan fingerprint density at radius 2 is 1.48 bits per heavy atom. The number of hydrazine groups is 1. The molecule has 2 atom stereocenters.